The molecule has 0 aromatic heterocycles. The molecular weight excluding hydrogens is 359 g/mol. The van der Waals surface area contributed by atoms with Gasteiger partial charge in [0, 0.05) is 18.4 Å². The first-order valence-corrected chi connectivity index (χ1v) is 10.2. The first-order valence-electron chi connectivity index (χ1n) is 10.2. The smallest absolute Gasteiger partial charge is 0.223 e. The van der Waals surface area contributed by atoms with Gasteiger partial charge < -0.3 is 15.4 Å². The summed E-state index contributed by atoms with van der Waals surface area (Å²) >= 11 is 0. The fourth-order valence-corrected chi connectivity index (χ4v) is 3.93. The molecule has 2 aliphatic carbocycles. The van der Waals surface area contributed by atoms with Gasteiger partial charge in [-0.1, -0.05) is 24.3 Å². The fraction of sp³-hybridized carbons (Fsp3) is 0.545. The number of hydrogen-bond acceptors (Lipinski definition) is 3. The van der Waals surface area contributed by atoms with Crippen molar-refractivity contribution in [1.29, 1.82) is 0 Å². The summed E-state index contributed by atoms with van der Waals surface area (Å²) in [5, 5.41) is 5.99. The predicted octanol–water partition coefficient (Wildman–Crippen LogP) is 3.35. The lowest BCUT2D eigenvalue weighted by Crippen LogP contribution is -2.41. The van der Waals surface area contributed by atoms with Gasteiger partial charge in [-0.2, -0.15) is 0 Å². The van der Waals surface area contributed by atoms with E-state index in [9.17, 15) is 14.0 Å². The van der Waals surface area contributed by atoms with E-state index in [1.54, 1.807) is 18.2 Å². The first kappa shape index (κ1) is 20.4. The second-order valence-corrected chi connectivity index (χ2v) is 7.66. The summed E-state index contributed by atoms with van der Waals surface area (Å²) in [6, 6.07) is 6.39. The minimum absolute atomic E-state index is 0.0120. The molecule has 1 aromatic rings. The zero-order valence-corrected chi connectivity index (χ0v) is 16.2. The number of halogens is 1. The van der Waals surface area contributed by atoms with E-state index >= 15 is 0 Å². The Bertz CT molecular complexity index is 699. The standard InChI is InChI=1S/C22H29FN2O3/c23-19-7-3-4-8-20(19)28-14-13-24-22(27)17-9-11-18(12-10-17)25-21(26)15-16-5-1-2-6-16/h1,3-5,7-8,16-18H,2,6,9-15H2,(H,24,27)(H,25,26). The van der Waals surface area contributed by atoms with Crippen LogP contribution in [0.25, 0.3) is 0 Å². The molecule has 2 N–H and O–H groups in total. The average molecular weight is 388 g/mol. The lowest BCUT2D eigenvalue weighted by atomic mass is 9.85. The van der Waals surface area contributed by atoms with Gasteiger partial charge in [0.05, 0.1) is 6.54 Å². The monoisotopic (exact) mass is 388 g/mol. The van der Waals surface area contributed by atoms with Crippen LogP contribution in [0.4, 0.5) is 4.39 Å². The Balaban J connectivity index is 1.29. The van der Waals surface area contributed by atoms with Crippen LogP contribution in [0.2, 0.25) is 0 Å². The number of para-hydroxylation sites is 1. The van der Waals surface area contributed by atoms with Gasteiger partial charge in [-0.3, -0.25) is 9.59 Å². The molecule has 1 unspecified atom stereocenters. The summed E-state index contributed by atoms with van der Waals surface area (Å²) < 4.78 is 18.8. The predicted molar refractivity (Wildman–Crippen MR) is 105 cm³/mol. The second kappa shape index (κ2) is 10.2. The molecule has 3 rings (SSSR count). The molecule has 0 radical (unpaired) electrons. The van der Waals surface area contributed by atoms with Crippen LogP contribution in [0.5, 0.6) is 5.75 Å². The number of carbonyl (C=O) groups excluding carboxylic acids is 2. The molecule has 2 aliphatic rings. The van der Waals surface area contributed by atoms with Crippen LogP contribution in [-0.4, -0.2) is 31.0 Å². The van der Waals surface area contributed by atoms with Crippen molar-refractivity contribution in [3.05, 3.63) is 42.2 Å². The summed E-state index contributed by atoms with van der Waals surface area (Å²) in [7, 11) is 0. The second-order valence-electron chi connectivity index (χ2n) is 7.66. The van der Waals surface area contributed by atoms with Crippen molar-refractivity contribution in [3.8, 4) is 5.75 Å². The molecule has 0 saturated heterocycles. The number of nitrogens with one attached hydrogen (secondary N) is 2. The molecule has 1 atom stereocenters. The Hall–Kier alpha value is -2.37. The molecular formula is C22H29FN2O3. The number of amides is 2. The largest absolute Gasteiger partial charge is 0.489 e. The van der Waals surface area contributed by atoms with E-state index in [1.165, 1.54) is 6.07 Å². The Morgan fingerprint density at radius 3 is 2.61 bits per heavy atom. The van der Waals surface area contributed by atoms with Gasteiger partial charge in [-0.25, -0.2) is 4.39 Å². The van der Waals surface area contributed by atoms with E-state index in [0.29, 0.717) is 18.9 Å². The molecule has 0 spiro atoms. The van der Waals surface area contributed by atoms with E-state index in [2.05, 4.69) is 22.8 Å². The summed E-state index contributed by atoms with van der Waals surface area (Å²) in [6.07, 6.45) is 10.2. The van der Waals surface area contributed by atoms with Crippen LogP contribution in [0.15, 0.2) is 36.4 Å². The van der Waals surface area contributed by atoms with E-state index in [1.807, 2.05) is 0 Å². The number of benzene rings is 1. The van der Waals surface area contributed by atoms with Gasteiger partial charge in [0.1, 0.15) is 6.61 Å². The van der Waals surface area contributed by atoms with Crippen LogP contribution in [-0.2, 0) is 9.59 Å². The van der Waals surface area contributed by atoms with Crippen molar-refractivity contribution >= 4 is 11.8 Å². The highest BCUT2D eigenvalue weighted by Gasteiger charge is 2.27. The van der Waals surface area contributed by atoms with Crippen LogP contribution >= 0.6 is 0 Å². The van der Waals surface area contributed by atoms with Gasteiger partial charge in [-0.15, -0.1) is 0 Å². The minimum atomic E-state index is -0.404. The molecule has 0 bridgehead atoms. The Kier molecular flexibility index (Phi) is 7.46. The van der Waals surface area contributed by atoms with Crippen molar-refractivity contribution < 1.29 is 18.7 Å². The Labute approximate surface area is 165 Å². The quantitative estimate of drug-likeness (QED) is 0.530. The lowest BCUT2D eigenvalue weighted by molar-refractivity contribution is -0.126. The topological polar surface area (TPSA) is 67.4 Å². The zero-order valence-electron chi connectivity index (χ0n) is 16.2. The molecule has 2 amide bonds. The number of hydrogen-bond donors (Lipinski definition) is 2. The number of ether oxygens (including phenoxy) is 1. The van der Waals surface area contributed by atoms with Gasteiger partial charge in [0.25, 0.3) is 0 Å². The Morgan fingerprint density at radius 2 is 1.89 bits per heavy atom. The molecule has 1 aromatic carbocycles. The van der Waals surface area contributed by atoms with Gasteiger partial charge in [0.2, 0.25) is 11.8 Å². The van der Waals surface area contributed by atoms with Crippen LogP contribution in [0.1, 0.15) is 44.9 Å². The maximum atomic E-state index is 13.5. The zero-order chi connectivity index (χ0) is 19.8. The fourth-order valence-electron chi connectivity index (χ4n) is 3.93. The molecule has 152 valence electrons. The summed E-state index contributed by atoms with van der Waals surface area (Å²) in [4.78, 5) is 24.4. The minimum Gasteiger partial charge on any atom is -0.489 e. The third kappa shape index (κ3) is 6.08. The first-order chi connectivity index (χ1) is 13.6. The Morgan fingerprint density at radius 1 is 1.11 bits per heavy atom. The summed E-state index contributed by atoms with van der Waals surface area (Å²) in [5.41, 5.74) is 0. The summed E-state index contributed by atoms with van der Waals surface area (Å²) in [5.74, 6) is 0.278. The SMILES string of the molecule is O=C(CC1C=CCC1)NC1CCC(C(=O)NCCOc2ccccc2F)CC1. The number of carbonyl (C=O) groups is 2. The van der Waals surface area contributed by atoms with Gasteiger partial charge >= 0.3 is 0 Å². The van der Waals surface area contributed by atoms with Gasteiger partial charge in [-0.05, 0) is 56.6 Å². The van der Waals surface area contributed by atoms with Gasteiger partial charge in [0.15, 0.2) is 11.6 Å². The van der Waals surface area contributed by atoms with Crippen molar-refractivity contribution in [2.45, 2.75) is 51.0 Å². The van der Waals surface area contributed by atoms with Crippen molar-refractivity contribution in [1.82, 2.24) is 10.6 Å². The normalized spacial score (nSPS) is 24.0. The highest BCUT2D eigenvalue weighted by molar-refractivity contribution is 5.79. The third-order valence-corrected chi connectivity index (χ3v) is 5.52. The molecule has 1 saturated carbocycles. The average Bonchev–Trinajstić information content (AvgIpc) is 3.19. The molecule has 0 heterocycles. The molecule has 0 aliphatic heterocycles. The van der Waals surface area contributed by atoms with Crippen LogP contribution in [0.3, 0.4) is 0 Å². The van der Waals surface area contributed by atoms with E-state index in [-0.39, 0.29) is 36.1 Å². The van der Waals surface area contributed by atoms with Crippen LogP contribution < -0.4 is 15.4 Å². The molecule has 28 heavy (non-hydrogen) atoms. The maximum absolute atomic E-state index is 13.5. The van der Waals surface area contributed by atoms with Crippen molar-refractivity contribution in [2.24, 2.45) is 11.8 Å². The van der Waals surface area contributed by atoms with Crippen LogP contribution in [0, 0.1) is 17.7 Å². The lowest BCUT2D eigenvalue weighted by Gasteiger charge is -2.28. The van der Waals surface area contributed by atoms with Crippen molar-refractivity contribution in [3.63, 3.8) is 0 Å². The molecule has 1 fully saturated rings. The highest BCUT2D eigenvalue weighted by Crippen LogP contribution is 2.25. The number of rotatable bonds is 8. The van der Waals surface area contributed by atoms with Crippen molar-refractivity contribution in [2.75, 3.05) is 13.2 Å². The van der Waals surface area contributed by atoms with E-state index < -0.39 is 5.82 Å². The molecule has 6 heteroatoms. The third-order valence-electron chi connectivity index (χ3n) is 5.52. The summed E-state index contributed by atoms with van der Waals surface area (Å²) in [6.45, 7) is 0.576. The molecule has 5 nitrogen and oxygen atoms in total. The van der Waals surface area contributed by atoms with E-state index in [0.717, 1.165) is 38.5 Å². The van der Waals surface area contributed by atoms with E-state index in [4.69, 9.17) is 4.74 Å². The maximum Gasteiger partial charge on any atom is 0.223 e. The number of allylic oxidation sites excluding steroid dienone is 2. The highest BCUT2D eigenvalue weighted by atomic mass is 19.1.